The molecule has 2 nitrogen and oxygen atoms in total. The van der Waals surface area contributed by atoms with Crippen molar-refractivity contribution in [3.05, 3.63) is 0 Å². The minimum absolute atomic E-state index is 0.239. The van der Waals surface area contributed by atoms with E-state index in [1.54, 1.807) is 0 Å². The zero-order chi connectivity index (χ0) is 11.3. The molecule has 0 aromatic heterocycles. The molecule has 0 amide bonds. The molecule has 1 saturated heterocycles. The molecule has 0 aromatic rings. The van der Waals surface area contributed by atoms with Crippen LogP contribution in [0, 0.1) is 0 Å². The molecular formula is C4H8O2S9. The van der Waals surface area contributed by atoms with Crippen molar-refractivity contribution >= 4 is 88.4 Å². The molecule has 0 aliphatic carbocycles. The van der Waals surface area contributed by atoms with E-state index < -0.39 is 15.0 Å². The van der Waals surface area contributed by atoms with Crippen molar-refractivity contribution in [2.24, 2.45) is 0 Å². The normalized spacial score (nSPS) is 24.2. The monoisotopic (exact) mass is 376 g/mol. The number of rotatable bonds is 6. The Hall–Kier alpha value is 2.65. The van der Waals surface area contributed by atoms with E-state index in [1.165, 1.54) is 39.3 Å². The van der Waals surface area contributed by atoms with Crippen LogP contribution in [0.1, 0.15) is 12.8 Å². The van der Waals surface area contributed by atoms with Crippen molar-refractivity contribution in [1.82, 2.24) is 0 Å². The predicted molar refractivity (Wildman–Crippen MR) is 88.6 cm³/mol. The molecule has 1 rings (SSSR count). The van der Waals surface area contributed by atoms with E-state index in [4.69, 9.17) is 27.1 Å². The molecule has 2 unspecified atom stereocenters. The SMILES string of the molecule is O=S(C1CCCO1)S(=S)(=S)SSSSS. The van der Waals surface area contributed by atoms with Crippen molar-refractivity contribution in [3.63, 3.8) is 0 Å². The Bertz CT molecular complexity index is 304. The van der Waals surface area contributed by atoms with Gasteiger partial charge in [0.25, 0.3) is 0 Å². The molecule has 0 aromatic carbocycles. The van der Waals surface area contributed by atoms with E-state index in [2.05, 4.69) is 11.7 Å². The quantitative estimate of drug-likeness (QED) is 0.428. The van der Waals surface area contributed by atoms with Crippen molar-refractivity contribution < 1.29 is 8.95 Å². The standard InChI is InChI=1S/C4H8O2S9/c5-14(4-2-1-3-6-4)15(8,9)13-12-11-10-7/h4,7H,1-3H2. The highest BCUT2D eigenvalue weighted by molar-refractivity contribution is 9.48. The van der Waals surface area contributed by atoms with E-state index in [1.807, 2.05) is 0 Å². The second-order valence-corrected chi connectivity index (χ2v) is 22.3. The molecule has 15 heavy (non-hydrogen) atoms. The minimum atomic E-state index is -1.99. The van der Waals surface area contributed by atoms with Gasteiger partial charge in [-0.05, 0) is 54.9 Å². The maximum atomic E-state index is 12.0. The van der Waals surface area contributed by atoms with E-state index >= 15 is 0 Å². The molecule has 1 aliphatic rings. The number of ether oxygens (including phenoxy) is 1. The molecule has 0 saturated carbocycles. The molecule has 0 N–H and O–H groups in total. The molecule has 1 aliphatic heterocycles. The molecule has 11 heteroatoms. The highest BCUT2D eigenvalue weighted by Crippen LogP contribution is 2.48. The van der Waals surface area contributed by atoms with Crippen LogP contribution in [0.3, 0.4) is 0 Å². The fraction of sp³-hybridized carbons (Fsp3) is 1.00. The summed E-state index contributed by atoms with van der Waals surface area (Å²) in [5, 5.41) is -1.99. The summed E-state index contributed by atoms with van der Waals surface area (Å²) >= 11 is 14.4. The lowest BCUT2D eigenvalue weighted by Gasteiger charge is -2.12. The molecule has 90 valence electrons. The Morgan fingerprint density at radius 2 is 2.20 bits per heavy atom. The molecule has 1 fully saturated rings. The molecular weight excluding hydrogens is 369 g/mol. The number of hydrogen-bond acceptors (Lipinski definition) is 9. The Balaban J connectivity index is 2.48. The van der Waals surface area contributed by atoms with Gasteiger partial charge in [-0.25, -0.2) is 4.21 Å². The van der Waals surface area contributed by atoms with E-state index in [0.29, 0.717) is 6.61 Å². The molecule has 2 atom stereocenters. The van der Waals surface area contributed by atoms with Crippen LogP contribution >= 0.6 is 51.0 Å². The van der Waals surface area contributed by atoms with Gasteiger partial charge in [-0.3, -0.25) is 0 Å². The van der Waals surface area contributed by atoms with Crippen LogP contribution in [0.25, 0.3) is 0 Å². The van der Waals surface area contributed by atoms with Gasteiger partial charge in [0.1, 0.15) is 15.3 Å². The van der Waals surface area contributed by atoms with E-state index in [-0.39, 0.29) is 5.44 Å². The summed E-state index contributed by atoms with van der Waals surface area (Å²) in [5.41, 5.74) is -0.239. The van der Waals surface area contributed by atoms with E-state index in [0.717, 1.165) is 12.8 Å². The van der Waals surface area contributed by atoms with Crippen LogP contribution < -0.4 is 0 Å². The summed E-state index contributed by atoms with van der Waals surface area (Å²) in [6.45, 7) is 0.676. The first-order valence-electron chi connectivity index (χ1n) is 3.68. The van der Waals surface area contributed by atoms with Gasteiger partial charge in [-0.15, -0.1) is 0 Å². The summed E-state index contributed by atoms with van der Waals surface area (Å²) in [7, 11) is 4.36. The first-order chi connectivity index (χ1) is 7.08. The second-order valence-electron chi connectivity index (χ2n) is 2.39. The minimum Gasteiger partial charge on any atom is -0.364 e. The van der Waals surface area contributed by atoms with Gasteiger partial charge in [0, 0.05) is 26.3 Å². The number of thiol groups is 1. The fourth-order valence-electron chi connectivity index (χ4n) is 0.917. The van der Waals surface area contributed by atoms with Crippen molar-refractivity contribution in [2.45, 2.75) is 18.3 Å². The van der Waals surface area contributed by atoms with Crippen LogP contribution in [0.4, 0.5) is 0 Å². The summed E-state index contributed by atoms with van der Waals surface area (Å²) in [4.78, 5) is 0. The predicted octanol–water partition coefficient (Wildman–Crippen LogP) is 3.30. The third-order valence-corrected chi connectivity index (χ3v) is 21.7. The van der Waals surface area contributed by atoms with Gasteiger partial charge >= 0.3 is 0 Å². The van der Waals surface area contributed by atoms with Crippen LogP contribution in [0.15, 0.2) is 0 Å². The lowest BCUT2D eigenvalue weighted by molar-refractivity contribution is 0.171. The zero-order valence-electron chi connectivity index (χ0n) is 7.23. The molecule has 1 heterocycles. The molecule has 0 radical (unpaired) electrons. The first kappa shape index (κ1) is 15.7. The lowest BCUT2D eigenvalue weighted by atomic mass is 10.4. The Labute approximate surface area is 121 Å². The van der Waals surface area contributed by atoms with Gasteiger partial charge < -0.3 is 4.74 Å². The Kier molecular flexibility index (Phi) is 8.32. The third kappa shape index (κ3) is 5.43. The average Bonchev–Trinajstić information content (AvgIpc) is 2.69. The van der Waals surface area contributed by atoms with Crippen LogP contribution in [0.5, 0.6) is 0 Å². The second kappa shape index (κ2) is 7.95. The number of hydrogen-bond donors (Lipinski definition) is 1. The summed E-state index contributed by atoms with van der Waals surface area (Å²) < 4.78 is 17.4. The first-order valence-corrected chi connectivity index (χ1v) is 15.3. The van der Waals surface area contributed by atoms with Crippen molar-refractivity contribution in [3.8, 4) is 0 Å². The molecule has 0 spiro atoms. The summed E-state index contributed by atoms with van der Waals surface area (Å²) in [6.07, 6.45) is 1.77. The van der Waals surface area contributed by atoms with E-state index in [9.17, 15) is 4.21 Å². The lowest BCUT2D eigenvalue weighted by Crippen LogP contribution is -2.17. The van der Waals surface area contributed by atoms with Gasteiger partial charge in [0.15, 0.2) is 0 Å². The maximum Gasteiger partial charge on any atom is 0.144 e. The summed E-state index contributed by atoms with van der Waals surface area (Å²) in [5.74, 6) is 0. The van der Waals surface area contributed by atoms with Crippen LogP contribution in [-0.2, 0) is 42.2 Å². The van der Waals surface area contributed by atoms with Crippen molar-refractivity contribution in [1.29, 1.82) is 0 Å². The van der Waals surface area contributed by atoms with Crippen LogP contribution in [-0.4, -0.2) is 16.3 Å². The molecule has 0 bridgehead atoms. The largest absolute Gasteiger partial charge is 0.364 e. The third-order valence-electron chi connectivity index (χ3n) is 1.47. The van der Waals surface area contributed by atoms with Gasteiger partial charge in [0.2, 0.25) is 0 Å². The smallest absolute Gasteiger partial charge is 0.144 e. The summed E-state index contributed by atoms with van der Waals surface area (Å²) in [6, 6.07) is 0. The highest BCUT2D eigenvalue weighted by Gasteiger charge is 2.28. The van der Waals surface area contributed by atoms with Gasteiger partial charge in [-0.1, -0.05) is 11.7 Å². The zero-order valence-corrected chi connectivity index (χ0v) is 14.7. The Morgan fingerprint density at radius 3 is 2.73 bits per heavy atom. The van der Waals surface area contributed by atoms with Crippen molar-refractivity contribution in [2.75, 3.05) is 6.61 Å². The van der Waals surface area contributed by atoms with Gasteiger partial charge in [0.05, 0.1) is 5.21 Å². The average molecular weight is 377 g/mol. The van der Waals surface area contributed by atoms with Gasteiger partial charge in [-0.2, -0.15) is 0 Å². The van der Waals surface area contributed by atoms with Crippen LogP contribution in [0.2, 0.25) is 0 Å². The topological polar surface area (TPSA) is 26.3 Å². The maximum absolute atomic E-state index is 12.0. The Morgan fingerprint density at radius 1 is 1.47 bits per heavy atom. The highest BCUT2D eigenvalue weighted by atomic mass is 34.0. The fourth-order valence-corrected chi connectivity index (χ4v) is 21.5.